The molecule has 0 radical (unpaired) electrons. The third-order valence-corrected chi connectivity index (χ3v) is 3.57. The van der Waals surface area contributed by atoms with Crippen molar-refractivity contribution in [3.63, 3.8) is 0 Å². The summed E-state index contributed by atoms with van der Waals surface area (Å²) in [6.07, 6.45) is 0.785. The number of thioether (sulfide) groups is 1. The Kier molecular flexibility index (Phi) is 4.66. The molecule has 2 aromatic heterocycles. The van der Waals surface area contributed by atoms with E-state index in [1.54, 1.807) is 6.07 Å². The van der Waals surface area contributed by atoms with Crippen LogP contribution in [-0.4, -0.2) is 32.0 Å². The number of nitrogens with zero attached hydrogens (tertiary/aromatic N) is 3. The first-order valence-corrected chi connectivity index (χ1v) is 7.68. The molecular formula is C13H19N5O2S. The van der Waals surface area contributed by atoms with Gasteiger partial charge in [-0.05, 0) is 0 Å². The van der Waals surface area contributed by atoms with Crippen molar-refractivity contribution in [2.24, 2.45) is 0 Å². The minimum Gasteiger partial charge on any atom is -0.338 e. The monoisotopic (exact) mass is 309 g/mol. The van der Waals surface area contributed by atoms with Gasteiger partial charge in [-0.1, -0.05) is 44.6 Å². The van der Waals surface area contributed by atoms with Gasteiger partial charge in [-0.25, -0.2) is 4.98 Å². The van der Waals surface area contributed by atoms with Gasteiger partial charge in [0.15, 0.2) is 0 Å². The third-order valence-electron chi connectivity index (χ3n) is 2.72. The molecule has 21 heavy (non-hydrogen) atoms. The molecule has 0 aliphatic carbocycles. The number of aromatic nitrogens is 4. The molecule has 2 N–H and O–H groups in total. The molecule has 2 rings (SSSR count). The van der Waals surface area contributed by atoms with Crippen molar-refractivity contribution in [2.45, 2.75) is 44.7 Å². The predicted molar refractivity (Wildman–Crippen MR) is 80.3 cm³/mol. The van der Waals surface area contributed by atoms with Crippen LogP contribution >= 0.6 is 11.8 Å². The van der Waals surface area contributed by atoms with E-state index in [1.807, 2.05) is 27.7 Å². The summed E-state index contributed by atoms with van der Waals surface area (Å²) in [6, 6.07) is 1.74. The molecule has 0 aromatic carbocycles. The first kappa shape index (κ1) is 15.6. The lowest BCUT2D eigenvalue weighted by Crippen LogP contribution is -2.14. The molecular weight excluding hydrogens is 290 g/mol. The molecule has 0 unspecified atom stereocenters. The van der Waals surface area contributed by atoms with Gasteiger partial charge in [0.2, 0.25) is 16.9 Å². The zero-order chi connectivity index (χ0) is 15.5. The summed E-state index contributed by atoms with van der Waals surface area (Å²) in [4.78, 5) is 16.1. The van der Waals surface area contributed by atoms with Gasteiger partial charge in [0.1, 0.15) is 5.82 Å². The number of aromatic amines is 1. The molecule has 2 heterocycles. The first-order chi connectivity index (χ1) is 9.88. The van der Waals surface area contributed by atoms with Crippen molar-refractivity contribution < 1.29 is 9.32 Å². The Hall–Kier alpha value is -1.83. The number of nitrogens with one attached hydrogen (secondary N) is 2. The van der Waals surface area contributed by atoms with Crippen molar-refractivity contribution in [3.8, 4) is 0 Å². The maximum absolute atomic E-state index is 11.8. The van der Waals surface area contributed by atoms with Crippen LogP contribution in [0.15, 0.2) is 15.7 Å². The second-order valence-electron chi connectivity index (χ2n) is 5.58. The second-order valence-corrected chi connectivity index (χ2v) is 6.52. The summed E-state index contributed by atoms with van der Waals surface area (Å²) < 4.78 is 5.11. The number of aryl methyl sites for hydroxylation is 1. The van der Waals surface area contributed by atoms with Crippen LogP contribution in [0.5, 0.6) is 0 Å². The fraction of sp³-hybridized carbons (Fsp3) is 0.538. The van der Waals surface area contributed by atoms with Crippen LogP contribution in [0.4, 0.5) is 5.88 Å². The normalized spacial score (nSPS) is 11.6. The average Bonchev–Trinajstić information content (AvgIpc) is 3.04. The molecule has 114 valence electrons. The molecule has 0 saturated carbocycles. The van der Waals surface area contributed by atoms with E-state index in [9.17, 15) is 4.79 Å². The fourth-order valence-electron chi connectivity index (χ4n) is 1.49. The van der Waals surface area contributed by atoms with Crippen molar-refractivity contribution in [3.05, 3.63) is 17.6 Å². The average molecular weight is 309 g/mol. The summed E-state index contributed by atoms with van der Waals surface area (Å²) in [6.45, 7) is 8.07. The Morgan fingerprint density at radius 2 is 2.24 bits per heavy atom. The lowest BCUT2D eigenvalue weighted by atomic mass is 9.92. The SMILES string of the molecule is CCc1nc(SCC(=O)Nc2cc(C(C)(C)C)no2)n[nH]1. The van der Waals surface area contributed by atoms with Crippen LogP contribution in [0.25, 0.3) is 0 Å². The van der Waals surface area contributed by atoms with E-state index in [2.05, 4.69) is 25.7 Å². The molecule has 1 amide bonds. The molecule has 0 atom stereocenters. The molecule has 2 aromatic rings. The Morgan fingerprint density at radius 3 is 2.81 bits per heavy atom. The number of hydrogen-bond donors (Lipinski definition) is 2. The van der Waals surface area contributed by atoms with Crippen LogP contribution in [0.1, 0.15) is 39.2 Å². The Balaban J connectivity index is 1.85. The van der Waals surface area contributed by atoms with Gasteiger partial charge in [0.25, 0.3) is 0 Å². The van der Waals surface area contributed by atoms with E-state index in [0.29, 0.717) is 11.0 Å². The van der Waals surface area contributed by atoms with E-state index in [0.717, 1.165) is 17.9 Å². The van der Waals surface area contributed by atoms with E-state index in [1.165, 1.54) is 11.8 Å². The highest BCUT2D eigenvalue weighted by Crippen LogP contribution is 2.23. The van der Waals surface area contributed by atoms with E-state index < -0.39 is 0 Å². The summed E-state index contributed by atoms with van der Waals surface area (Å²) in [5.74, 6) is 1.20. The highest BCUT2D eigenvalue weighted by atomic mass is 32.2. The van der Waals surface area contributed by atoms with E-state index in [-0.39, 0.29) is 17.1 Å². The lowest BCUT2D eigenvalue weighted by Gasteiger charge is -2.12. The number of anilines is 1. The maximum atomic E-state index is 11.8. The Morgan fingerprint density at radius 1 is 1.48 bits per heavy atom. The number of rotatable bonds is 5. The second kappa shape index (κ2) is 6.30. The molecule has 0 saturated heterocycles. The van der Waals surface area contributed by atoms with Crippen molar-refractivity contribution in [2.75, 3.05) is 11.1 Å². The predicted octanol–water partition coefficient (Wildman–Crippen LogP) is 2.38. The number of carbonyl (C=O) groups excluding carboxylic acids is 1. The van der Waals surface area contributed by atoms with Crippen LogP contribution in [0.3, 0.4) is 0 Å². The Labute approximate surface area is 127 Å². The molecule has 0 spiro atoms. The maximum Gasteiger partial charge on any atom is 0.237 e. The molecule has 0 aliphatic rings. The first-order valence-electron chi connectivity index (χ1n) is 6.69. The van der Waals surface area contributed by atoms with E-state index in [4.69, 9.17) is 4.52 Å². The minimum absolute atomic E-state index is 0.114. The van der Waals surface area contributed by atoms with Crippen molar-refractivity contribution in [1.29, 1.82) is 0 Å². The van der Waals surface area contributed by atoms with Gasteiger partial charge in [-0.15, -0.1) is 5.10 Å². The quantitative estimate of drug-likeness (QED) is 0.823. The van der Waals surface area contributed by atoms with Crippen LogP contribution in [-0.2, 0) is 16.6 Å². The lowest BCUT2D eigenvalue weighted by molar-refractivity contribution is -0.113. The smallest absolute Gasteiger partial charge is 0.237 e. The van der Waals surface area contributed by atoms with Crippen molar-refractivity contribution in [1.82, 2.24) is 20.3 Å². The van der Waals surface area contributed by atoms with Crippen LogP contribution < -0.4 is 5.32 Å². The highest BCUT2D eigenvalue weighted by molar-refractivity contribution is 7.99. The minimum atomic E-state index is -0.181. The zero-order valence-electron chi connectivity index (χ0n) is 12.6. The van der Waals surface area contributed by atoms with Gasteiger partial charge < -0.3 is 4.52 Å². The molecule has 0 fully saturated rings. The van der Waals surface area contributed by atoms with Crippen LogP contribution in [0.2, 0.25) is 0 Å². The number of amides is 1. The summed E-state index contributed by atoms with van der Waals surface area (Å²) in [5.41, 5.74) is 0.684. The summed E-state index contributed by atoms with van der Waals surface area (Å²) in [7, 11) is 0. The summed E-state index contributed by atoms with van der Waals surface area (Å²) in [5, 5.41) is 14.0. The highest BCUT2D eigenvalue weighted by Gasteiger charge is 2.19. The topological polar surface area (TPSA) is 96.7 Å². The Bertz CT molecular complexity index is 614. The van der Waals surface area contributed by atoms with Gasteiger partial charge in [-0.3, -0.25) is 15.2 Å². The zero-order valence-corrected chi connectivity index (χ0v) is 13.4. The largest absolute Gasteiger partial charge is 0.338 e. The van der Waals surface area contributed by atoms with E-state index >= 15 is 0 Å². The van der Waals surface area contributed by atoms with Gasteiger partial charge in [-0.2, -0.15) is 0 Å². The number of hydrogen-bond acceptors (Lipinski definition) is 6. The fourth-order valence-corrected chi connectivity index (χ4v) is 2.11. The standard InChI is InChI=1S/C13H19N5O2S/c1-5-9-14-12(17-16-9)21-7-10(19)15-11-6-8(18-20-11)13(2,3)4/h6H,5,7H2,1-4H3,(H,15,19)(H,14,16,17). The van der Waals surface area contributed by atoms with Crippen molar-refractivity contribution >= 4 is 23.6 Å². The molecule has 0 aliphatic heterocycles. The third kappa shape index (κ3) is 4.32. The van der Waals surface area contributed by atoms with Gasteiger partial charge in [0.05, 0.1) is 11.4 Å². The van der Waals surface area contributed by atoms with Crippen LogP contribution in [0, 0.1) is 0 Å². The summed E-state index contributed by atoms with van der Waals surface area (Å²) >= 11 is 1.27. The number of carbonyl (C=O) groups is 1. The van der Waals surface area contributed by atoms with Gasteiger partial charge >= 0.3 is 0 Å². The number of H-pyrrole nitrogens is 1. The molecule has 8 heteroatoms. The van der Waals surface area contributed by atoms with Gasteiger partial charge in [0, 0.05) is 17.9 Å². The molecule has 7 nitrogen and oxygen atoms in total. The molecule has 0 bridgehead atoms.